The summed E-state index contributed by atoms with van der Waals surface area (Å²) in [5, 5.41) is 9.70. The molecule has 0 unspecified atom stereocenters. The maximum atomic E-state index is 13.7. The molecule has 0 aliphatic carbocycles. The maximum Gasteiger partial charge on any atom is 0.268 e. The Morgan fingerprint density at radius 3 is 2.89 bits per heavy atom. The van der Waals surface area contributed by atoms with E-state index in [0.29, 0.717) is 35.8 Å². The first-order valence-electron chi connectivity index (χ1n) is 9.06. The van der Waals surface area contributed by atoms with Gasteiger partial charge in [0.05, 0.1) is 23.9 Å². The molecule has 142 valence electrons. The van der Waals surface area contributed by atoms with Gasteiger partial charge in [-0.05, 0) is 35.9 Å². The molecule has 0 saturated carbocycles. The monoisotopic (exact) mass is 411 g/mol. The Hall–Kier alpha value is -2.49. The van der Waals surface area contributed by atoms with Crippen LogP contribution in [0.25, 0.3) is 0 Å². The standard InChI is InChI=1S/C21H18ClN3O2S/c1-2-19(26)25-8-9-28-21(25)17-11-16(22)6-7-18(17)24(20(21)27)13-15-5-3-4-14(10-15)12-23/h3-7,10-11H,2,8-9,13H2,1H3/t21-/m1/s1. The van der Waals surface area contributed by atoms with Gasteiger partial charge in [0.15, 0.2) is 4.87 Å². The van der Waals surface area contributed by atoms with Crippen molar-refractivity contribution < 1.29 is 9.59 Å². The highest BCUT2D eigenvalue weighted by Crippen LogP contribution is 2.55. The van der Waals surface area contributed by atoms with Crippen molar-refractivity contribution in [2.45, 2.75) is 24.8 Å². The SMILES string of the molecule is CCC(=O)N1CCS[C@]12C(=O)N(Cc1cccc(C#N)c1)c1ccc(Cl)cc12. The number of nitriles is 1. The van der Waals surface area contributed by atoms with Crippen LogP contribution in [-0.4, -0.2) is 29.0 Å². The number of nitrogens with zero attached hydrogens (tertiary/aromatic N) is 3. The van der Waals surface area contributed by atoms with Crippen molar-refractivity contribution in [3.05, 3.63) is 64.2 Å². The summed E-state index contributed by atoms with van der Waals surface area (Å²) in [5.74, 6) is 0.523. The molecule has 0 bridgehead atoms. The zero-order valence-corrected chi connectivity index (χ0v) is 16.9. The van der Waals surface area contributed by atoms with Crippen LogP contribution in [0.5, 0.6) is 0 Å². The third kappa shape index (κ3) is 2.78. The maximum absolute atomic E-state index is 13.7. The highest BCUT2D eigenvalue weighted by atomic mass is 35.5. The Balaban J connectivity index is 1.81. The van der Waals surface area contributed by atoms with E-state index in [1.807, 2.05) is 25.1 Å². The van der Waals surface area contributed by atoms with Gasteiger partial charge < -0.3 is 9.80 Å². The van der Waals surface area contributed by atoms with Crippen molar-refractivity contribution in [1.82, 2.24) is 4.90 Å². The lowest BCUT2D eigenvalue weighted by Gasteiger charge is -2.33. The van der Waals surface area contributed by atoms with Gasteiger partial charge in [0.1, 0.15) is 0 Å². The normalized spacial score (nSPS) is 20.5. The number of hydrogen-bond donors (Lipinski definition) is 0. The third-order valence-corrected chi connectivity index (χ3v) is 6.81. The van der Waals surface area contributed by atoms with E-state index in [9.17, 15) is 9.59 Å². The van der Waals surface area contributed by atoms with Crippen LogP contribution in [0.1, 0.15) is 30.0 Å². The van der Waals surface area contributed by atoms with E-state index >= 15 is 0 Å². The topological polar surface area (TPSA) is 64.4 Å². The number of halogens is 1. The van der Waals surface area contributed by atoms with E-state index in [4.69, 9.17) is 16.9 Å². The molecular formula is C21H18ClN3O2S. The van der Waals surface area contributed by atoms with Gasteiger partial charge in [-0.25, -0.2) is 0 Å². The lowest BCUT2D eigenvalue weighted by Crippen LogP contribution is -2.50. The lowest BCUT2D eigenvalue weighted by atomic mass is 10.1. The van der Waals surface area contributed by atoms with Crippen LogP contribution < -0.4 is 4.90 Å². The van der Waals surface area contributed by atoms with Gasteiger partial charge in [0.25, 0.3) is 5.91 Å². The summed E-state index contributed by atoms with van der Waals surface area (Å²) >= 11 is 7.75. The largest absolute Gasteiger partial charge is 0.315 e. The average Bonchev–Trinajstić information content (AvgIpc) is 3.25. The smallest absolute Gasteiger partial charge is 0.268 e. The van der Waals surface area contributed by atoms with Gasteiger partial charge in [-0.15, -0.1) is 11.8 Å². The van der Waals surface area contributed by atoms with Crippen LogP contribution >= 0.6 is 23.4 Å². The molecule has 28 heavy (non-hydrogen) atoms. The molecule has 0 aromatic heterocycles. The zero-order valence-electron chi connectivity index (χ0n) is 15.3. The van der Waals surface area contributed by atoms with E-state index < -0.39 is 4.87 Å². The number of benzene rings is 2. The Labute approximate surface area is 172 Å². The Bertz CT molecular complexity index is 1020. The molecule has 7 heteroatoms. The van der Waals surface area contributed by atoms with Crippen LogP contribution in [0.4, 0.5) is 5.69 Å². The van der Waals surface area contributed by atoms with Crippen LogP contribution in [0.15, 0.2) is 42.5 Å². The zero-order chi connectivity index (χ0) is 19.9. The fourth-order valence-electron chi connectivity index (χ4n) is 3.91. The number of carbonyl (C=O) groups is 2. The van der Waals surface area contributed by atoms with Gasteiger partial charge >= 0.3 is 0 Å². The quantitative estimate of drug-likeness (QED) is 0.768. The van der Waals surface area contributed by atoms with Crippen molar-refractivity contribution in [2.24, 2.45) is 0 Å². The van der Waals surface area contributed by atoms with Crippen molar-refractivity contribution in [1.29, 1.82) is 5.26 Å². The Kier molecular flexibility index (Phi) is 4.82. The molecule has 2 aliphatic heterocycles. The molecule has 2 amide bonds. The van der Waals surface area contributed by atoms with Gasteiger partial charge in [0, 0.05) is 29.3 Å². The molecule has 0 N–H and O–H groups in total. The van der Waals surface area contributed by atoms with E-state index in [0.717, 1.165) is 16.8 Å². The van der Waals surface area contributed by atoms with Gasteiger partial charge in [0.2, 0.25) is 5.91 Å². The summed E-state index contributed by atoms with van der Waals surface area (Å²) in [6, 6.07) is 14.8. The van der Waals surface area contributed by atoms with E-state index in [-0.39, 0.29) is 11.8 Å². The summed E-state index contributed by atoms with van der Waals surface area (Å²) in [5.41, 5.74) is 2.95. The Morgan fingerprint density at radius 2 is 2.14 bits per heavy atom. The molecule has 2 aromatic rings. The van der Waals surface area contributed by atoms with Crippen LogP contribution in [0, 0.1) is 11.3 Å². The molecular weight excluding hydrogens is 394 g/mol. The van der Waals surface area contributed by atoms with E-state index in [2.05, 4.69) is 6.07 Å². The molecule has 2 heterocycles. The van der Waals surface area contributed by atoms with Crippen LogP contribution in [-0.2, 0) is 21.0 Å². The second-order valence-electron chi connectivity index (χ2n) is 6.76. The molecule has 2 aliphatic rings. The summed E-state index contributed by atoms with van der Waals surface area (Å²) < 4.78 is 0. The second kappa shape index (κ2) is 7.16. The minimum Gasteiger partial charge on any atom is -0.315 e. The fourth-order valence-corrected chi connectivity index (χ4v) is 5.56. The van der Waals surface area contributed by atoms with E-state index in [1.54, 1.807) is 34.1 Å². The summed E-state index contributed by atoms with van der Waals surface area (Å²) in [4.78, 5) is 28.7. The van der Waals surface area contributed by atoms with Gasteiger partial charge in [-0.1, -0.05) is 30.7 Å². The number of thioether (sulfide) groups is 1. The first-order chi connectivity index (χ1) is 13.5. The second-order valence-corrected chi connectivity index (χ2v) is 8.48. The van der Waals surface area contributed by atoms with E-state index in [1.165, 1.54) is 11.8 Å². The molecule has 1 saturated heterocycles. The number of hydrogen-bond acceptors (Lipinski definition) is 4. The molecule has 0 radical (unpaired) electrons. The van der Waals surface area contributed by atoms with Crippen molar-refractivity contribution in [3.63, 3.8) is 0 Å². The lowest BCUT2D eigenvalue weighted by molar-refractivity contribution is -0.139. The number of amides is 2. The number of anilines is 1. The van der Waals surface area contributed by atoms with Crippen molar-refractivity contribution in [2.75, 3.05) is 17.2 Å². The first-order valence-corrected chi connectivity index (χ1v) is 10.4. The first kappa shape index (κ1) is 18.9. The molecule has 1 atom stereocenters. The highest BCUT2D eigenvalue weighted by molar-refractivity contribution is 8.01. The molecule has 1 fully saturated rings. The number of carbonyl (C=O) groups excluding carboxylic acids is 2. The minimum absolute atomic E-state index is 0.0439. The highest BCUT2D eigenvalue weighted by Gasteiger charge is 2.59. The van der Waals surface area contributed by atoms with Crippen molar-refractivity contribution >= 4 is 40.9 Å². The predicted octanol–water partition coefficient (Wildman–Crippen LogP) is 3.90. The minimum atomic E-state index is -1.06. The van der Waals surface area contributed by atoms with Gasteiger partial charge in [-0.3, -0.25) is 9.59 Å². The number of fused-ring (bicyclic) bond motifs is 2. The predicted molar refractivity (Wildman–Crippen MR) is 110 cm³/mol. The summed E-state index contributed by atoms with van der Waals surface area (Å²) in [6.45, 7) is 2.68. The fraction of sp³-hybridized carbons (Fsp3) is 0.286. The molecule has 1 spiro atoms. The summed E-state index contributed by atoms with van der Waals surface area (Å²) in [7, 11) is 0. The molecule has 4 rings (SSSR count). The van der Waals surface area contributed by atoms with Crippen LogP contribution in [0.3, 0.4) is 0 Å². The van der Waals surface area contributed by atoms with Gasteiger partial charge in [-0.2, -0.15) is 5.26 Å². The Morgan fingerprint density at radius 1 is 1.32 bits per heavy atom. The molecule has 2 aromatic carbocycles. The third-order valence-electron chi connectivity index (χ3n) is 5.16. The van der Waals surface area contributed by atoms with Crippen molar-refractivity contribution in [3.8, 4) is 6.07 Å². The number of rotatable bonds is 3. The molecule has 5 nitrogen and oxygen atoms in total. The average molecular weight is 412 g/mol. The summed E-state index contributed by atoms with van der Waals surface area (Å²) in [6.07, 6.45) is 0.343. The van der Waals surface area contributed by atoms with Crippen LogP contribution in [0.2, 0.25) is 5.02 Å².